The van der Waals surface area contributed by atoms with Crippen molar-refractivity contribution >= 4 is 11.6 Å². The fourth-order valence-corrected chi connectivity index (χ4v) is 1.74. The quantitative estimate of drug-likeness (QED) is 0.884. The van der Waals surface area contributed by atoms with Crippen LogP contribution in [-0.2, 0) is 5.54 Å². The van der Waals surface area contributed by atoms with Crippen molar-refractivity contribution in [2.75, 3.05) is 0 Å². The van der Waals surface area contributed by atoms with Gasteiger partial charge in [-0.05, 0) is 44.4 Å². The van der Waals surface area contributed by atoms with Gasteiger partial charge in [0.2, 0.25) is 0 Å². The van der Waals surface area contributed by atoms with E-state index in [2.05, 4.69) is 13.8 Å². The molecular formula is C14H22ClNO. The van der Waals surface area contributed by atoms with E-state index in [1.165, 1.54) is 0 Å². The molecule has 0 aliphatic heterocycles. The first-order valence-electron chi connectivity index (χ1n) is 6.00. The highest BCUT2D eigenvalue weighted by molar-refractivity contribution is 6.32. The third-order valence-electron chi connectivity index (χ3n) is 3.12. The van der Waals surface area contributed by atoms with E-state index in [0.29, 0.717) is 16.7 Å². The molecule has 0 saturated heterocycles. The van der Waals surface area contributed by atoms with Crippen LogP contribution < -0.4 is 10.5 Å². The van der Waals surface area contributed by atoms with Gasteiger partial charge in [-0.2, -0.15) is 0 Å². The molecule has 0 radical (unpaired) electrons. The molecule has 2 nitrogen and oxygen atoms in total. The van der Waals surface area contributed by atoms with Crippen LogP contribution in [-0.4, -0.2) is 6.10 Å². The number of hydrogen-bond donors (Lipinski definition) is 1. The standard InChI is InChI=1S/C14H22ClNO/c1-9(2)14(5,16)11-6-7-13(12(15)8-11)17-10(3)4/h6-10H,16H2,1-5H3. The molecule has 0 heterocycles. The SMILES string of the molecule is CC(C)Oc1ccc(C(C)(N)C(C)C)cc1Cl. The number of rotatable bonds is 4. The highest BCUT2D eigenvalue weighted by Gasteiger charge is 2.26. The summed E-state index contributed by atoms with van der Waals surface area (Å²) in [5.41, 5.74) is 6.96. The summed E-state index contributed by atoms with van der Waals surface area (Å²) in [6.45, 7) is 10.2. The minimum absolute atomic E-state index is 0.118. The number of hydrogen-bond acceptors (Lipinski definition) is 2. The highest BCUT2D eigenvalue weighted by Crippen LogP contribution is 2.33. The summed E-state index contributed by atoms with van der Waals surface area (Å²) in [6.07, 6.45) is 0.118. The Morgan fingerprint density at radius 3 is 2.24 bits per heavy atom. The van der Waals surface area contributed by atoms with E-state index in [4.69, 9.17) is 22.1 Å². The molecule has 0 bridgehead atoms. The summed E-state index contributed by atoms with van der Waals surface area (Å²) in [5, 5.41) is 0.619. The predicted molar refractivity (Wildman–Crippen MR) is 73.6 cm³/mol. The lowest BCUT2D eigenvalue weighted by Crippen LogP contribution is -2.38. The van der Waals surface area contributed by atoms with Gasteiger partial charge in [0, 0.05) is 5.54 Å². The monoisotopic (exact) mass is 255 g/mol. The zero-order valence-electron chi connectivity index (χ0n) is 11.3. The van der Waals surface area contributed by atoms with Gasteiger partial charge in [0.05, 0.1) is 11.1 Å². The second kappa shape index (κ2) is 5.28. The van der Waals surface area contributed by atoms with E-state index >= 15 is 0 Å². The third-order valence-corrected chi connectivity index (χ3v) is 3.41. The Morgan fingerprint density at radius 2 is 1.82 bits per heavy atom. The van der Waals surface area contributed by atoms with Gasteiger partial charge in [-0.3, -0.25) is 0 Å². The zero-order chi connectivity index (χ0) is 13.2. The number of nitrogens with two attached hydrogens (primary N) is 1. The van der Waals surface area contributed by atoms with Gasteiger partial charge in [0.15, 0.2) is 0 Å². The maximum atomic E-state index is 6.30. The van der Waals surface area contributed by atoms with Gasteiger partial charge < -0.3 is 10.5 Å². The number of ether oxygens (including phenoxy) is 1. The summed E-state index contributed by atoms with van der Waals surface area (Å²) in [4.78, 5) is 0. The van der Waals surface area contributed by atoms with Crippen LogP contribution in [0.2, 0.25) is 5.02 Å². The first-order valence-corrected chi connectivity index (χ1v) is 6.38. The summed E-state index contributed by atoms with van der Waals surface area (Å²) in [7, 11) is 0. The van der Waals surface area contributed by atoms with Crippen LogP contribution in [0.1, 0.15) is 40.2 Å². The van der Waals surface area contributed by atoms with Crippen LogP contribution in [0.5, 0.6) is 5.75 Å². The van der Waals surface area contributed by atoms with Crippen molar-refractivity contribution in [3.05, 3.63) is 28.8 Å². The van der Waals surface area contributed by atoms with Gasteiger partial charge >= 0.3 is 0 Å². The maximum absolute atomic E-state index is 6.30. The van der Waals surface area contributed by atoms with Gasteiger partial charge in [-0.25, -0.2) is 0 Å². The zero-order valence-corrected chi connectivity index (χ0v) is 12.0. The largest absolute Gasteiger partial charge is 0.489 e. The molecule has 0 saturated carbocycles. The average molecular weight is 256 g/mol. The molecule has 0 aromatic heterocycles. The van der Waals surface area contributed by atoms with Crippen LogP contribution in [0.15, 0.2) is 18.2 Å². The number of halogens is 1. The molecule has 3 heteroatoms. The molecule has 2 N–H and O–H groups in total. The molecule has 1 aromatic rings. The van der Waals surface area contributed by atoms with Crippen LogP contribution in [0, 0.1) is 5.92 Å². The Hall–Kier alpha value is -0.730. The van der Waals surface area contributed by atoms with Crippen molar-refractivity contribution in [3.8, 4) is 5.75 Å². The Kier molecular flexibility index (Phi) is 4.45. The second-order valence-electron chi connectivity index (χ2n) is 5.25. The predicted octanol–water partition coefficient (Wildman–Crippen LogP) is 3.96. The van der Waals surface area contributed by atoms with E-state index in [9.17, 15) is 0 Å². The minimum Gasteiger partial charge on any atom is -0.489 e. The van der Waals surface area contributed by atoms with Crippen LogP contribution in [0.4, 0.5) is 0 Å². The summed E-state index contributed by atoms with van der Waals surface area (Å²) < 4.78 is 5.60. The Labute approximate surface area is 109 Å². The first kappa shape index (κ1) is 14.3. The van der Waals surface area contributed by atoms with Crippen LogP contribution >= 0.6 is 11.6 Å². The maximum Gasteiger partial charge on any atom is 0.138 e. The fraction of sp³-hybridized carbons (Fsp3) is 0.571. The Bertz CT molecular complexity index is 386. The molecule has 0 fully saturated rings. The van der Waals surface area contributed by atoms with Crippen molar-refractivity contribution in [2.45, 2.75) is 46.3 Å². The molecular weight excluding hydrogens is 234 g/mol. The van der Waals surface area contributed by atoms with E-state index in [1.807, 2.05) is 39.0 Å². The molecule has 17 heavy (non-hydrogen) atoms. The molecule has 1 unspecified atom stereocenters. The molecule has 96 valence electrons. The molecule has 0 aliphatic carbocycles. The van der Waals surface area contributed by atoms with Crippen molar-refractivity contribution < 1.29 is 4.74 Å². The van der Waals surface area contributed by atoms with Gasteiger partial charge in [0.1, 0.15) is 5.75 Å². The normalized spacial score (nSPS) is 15.1. The van der Waals surface area contributed by atoms with Crippen LogP contribution in [0.3, 0.4) is 0 Å². The molecule has 1 aromatic carbocycles. The van der Waals surface area contributed by atoms with Crippen molar-refractivity contribution in [1.29, 1.82) is 0 Å². The summed E-state index contributed by atoms with van der Waals surface area (Å²) >= 11 is 6.20. The van der Waals surface area contributed by atoms with E-state index < -0.39 is 0 Å². The third kappa shape index (κ3) is 3.36. The van der Waals surface area contributed by atoms with Gasteiger partial charge in [-0.1, -0.05) is 31.5 Å². The van der Waals surface area contributed by atoms with Crippen molar-refractivity contribution in [2.24, 2.45) is 11.7 Å². The summed E-state index contributed by atoms with van der Waals surface area (Å²) in [6, 6.07) is 5.79. The topological polar surface area (TPSA) is 35.2 Å². The molecule has 0 aliphatic rings. The van der Waals surface area contributed by atoms with Crippen molar-refractivity contribution in [3.63, 3.8) is 0 Å². The molecule has 1 rings (SSSR count). The lowest BCUT2D eigenvalue weighted by molar-refractivity contribution is 0.242. The Morgan fingerprint density at radius 1 is 1.24 bits per heavy atom. The summed E-state index contributed by atoms with van der Waals surface area (Å²) in [5.74, 6) is 1.06. The highest BCUT2D eigenvalue weighted by atomic mass is 35.5. The second-order valence-corrected chi connectivity index (χ2v) is 5.66. The smallest absolute Gasteiger partial charge is 0.138 e. The Balaban J connectivity index is 3.04. The molecule has 0 spiro atoms. The lowest BCUT2D eigenvalue weighted by atomic mass is 9.83. The lowest BCUT2D eigenvalue weighted by Gasteiger charge is -2.30. The van der Waals surface area contributed by atoms with Gasteiger partial charge in [-0.15, -0.1) is 0 Å². The van der Waals surface area contributed by atoms with Crippen molar-refractivity contribution in [1.82, 2.24) is 0 Å². The average Bonchev–Trinajstić information content (AvgIpc) is 2.20. The van der Waals surface area contributed by atoms with E-state index in [0.717, 1.165) is 5.56 Å². The number of benzene rings is 1. The fourth-order valence-electron chi connectivity index (χ4n) is 1.52. The minimum atomic E-state index is -0.375. The van der Waals surface area contributed by atoms with Gasteiger partial charge in [0.25, 0.3) is 0 Å². The van der Waals surface area contributed by atoms with E-state index in [1.54, 1.807) is 0 Å². The molecule has 0 amide bonds. The van der Waals surface area contributed by atoms with Crippen LogP contribution in [0.25, 0.3) is 0 Å². The molecule has 1 atom stereocenters. The first-order chi connectivity index (χ1) is 7.75. The van der Waals surface area contributed by atoms with E-state index in [-0.39, 0.29) is 11.6 Å².